The summed E-state index contributed by atoms with van der Waals surface area (Å²) in [6.07, 6.45) is -0.0348. The van der Waals surface area contributed by atoms with Gasteiger partial charge in [0.15, 0.2) is 0 Å². The van der Waals surface area contributed by atoms with Crippen molar-refractivity contribution in [3.05, 3.63) is 35.7 Å². The number of fused-ring (bicyclic) bond motifs is 1. The molecule has 0 spiro atoms. The summed E-state index contributed by atoms with van der Waals surface area (Å²) in [6, 6.07) is 5.05. The Morgan fingerprint density at radius 2 is 1.92 bits per heavy atom. The van der Waals surface area contributed by atoms with Crippen molar-refractivity contribution in [2.24, 2.45) is 11.8 Å². The molecular weight excluding hydrogens is 471 g/mol. The average Bonchev–Trinajstić information content (AvgIpc) is 3.05. The lowest BCUT2D eigenvalue weighted by Crippen LogP contribution is -2.41. The lowest BCUT2D eigenvalue weighted by atomic mass is 9.84. The Balaban J connectivity index is 1.54. The van der Waals surface area contributed by atoms with Gasteiger partial charge >= 0.3 is 6.18 Å². The fourth-order valence-electron chi connectivity index (χ4n) is 4.87. The van der Waals surface area contributed by atoms with E-state index in [1.165, 1.54) is 6.07 Å². The highest BCUT2D eigenvalue weighted by molar-refractivity contribution is 5.98. The number of halogens is 3. The molecular formula is C26H30F3N5O2. The van der Waals surface area contributed by atoms with Gasteiger partial charge in [-0.25, -0.2) is 4.98 Å². The molecule has 1 saturated carbocycles. The van der Waals surface area contributed by atoms with Gasteiger partial charge in [-0.1, -0.05) is 37.6 Å². The van der Waals surface area contributed by atoms with Crippen LogP contribution in [0.2, 0.25) is 0 Å². The van der Waals surface area contributed by atoms with Gasteiger partial charge in [-0.15, -0.1) is 0 Å². The Labute approximate surface area is 207 Å². The Hall–Kier alpha value is -3.17. The summed E-state index contributed by atoms with van der Waals surface area (Å²) in [6.45, 7) is 6.62. The van der Waals surface area contributed by atoms with E-state index in [0.717, 1.165) is 37.8 Å². The number of aromatic nitrogens is 3. The van der Waals surface area contributed by atoms with Crippen molar-refractivity contribution in [3.8, 4) is 11.3 Å². The summed E-state index contributed by atoms with van der Waals surface area (Å²) in [4.78, 5) is 26.3. The van der Waals surface area contributed by atoms with Gasteiger partial charge in [0.1, 0.15) is 22.7 Å². The minimum absolute atomic E-state index is 0.144. The molecule has 1 aliphatic carbocycles. The van der Waals surface area contributed by atoms with Gasteiger partial charge in [0, 0.05) is 44.1 Å². The van der Waals surface area contributed by atoms with Crippen molar-refractivity contribution in [1.29, 1.82) is 0 Å². The van der Waals surface area contributed by atoms with E-state index in [1.54, 1.807) is 6.07 Å². The first-order valence-electron chi connectivity index (χ1n) is 12.6. The van der Waals surface area contributed by atoms with Crippen LogP contribution in [-0.4, -0.2) is 52.1 Å². The Kier molecular flexibility index (Phi) is 6.61. The van der Waals surface area contributed by atoms with Gasteiger partial charge in [-0.05, 0) is 37.3 Å². The highest BCUT2D eigenvalue weighted by Gasteiger charge is 2.33. The van der Waals surface area contributed by atoms with Crippen molar-refractivity contribution in [2.75, 3.05) is 31.1 Å². The van der Waals surface area contributed by atoms with E-state index >= 15 is 0 Å². The molecule has 1 saturated heterocycles. The van der Waals surface area contributed by atoms with Crippen LogP contribution >= 0.6 is 0 Å². The molecule has 0 radical (unpaired) electrons. The van der Waals surface area contributed by atoms with Crippen molar-refractivity contribution in [3.63, 3.8) is 0 Å². The molecule has 2 fully saturated rings. The van der Waals surface area contributed by atoms with Gasteiger partial charge < -0.3 is 14.3 Å². The summed E-state index contributed by atoms with van der Waals surface area (Å²) in [5, 5.41) is 4.64. The largest absolute Gasteiger partial charge is 0.416 e. The summed E-state index contributed by atoms with van der Waals surface area (Å²) >= 11 is 0. The third-order valence-electron chi connectivity index (χ3n) is 6.98. The van der Waals surface area contributed by atoms with Gasteiger partial charge in [-0.2, -0.15) is 18.2 Å². The van der Waals surface area contributed by atoms with Crippen molar-refractivity contribution in [2.45, 2.75) is 52.1 Å². The number of rotatable bonds is 5. The second-order valence-corrected chi connectivity index (χ2v) is 10.1. The first-order valence-corrected chi connectivity index (χ1v) is 12.6. The number of alkyl halides is 3. The maximum atomic E-state index is 13.4. The number of carbonyl (C=O) groups is 1. The molecule has 3 aromatic rings. The lowest BCUT2D eigenvalue weighted by molar-refractivity contribution is -0.138. The fraction of sp³-hybridized carbons (Fsp3) is 0.538. The minimum Gasteiger partial charge on any atom is -0.354 e. The summed E-state index contributed by atoms with van der Waals surface area (Å²) in [5.74, 6) is 1.88. The van der Waals surface area contributed by atoms with Crippen molar-refractivity contribution >= 4 is 22.8 Å². The predicted molar refractivity (Wildman–Crippen MR) is 129 cm³/mol. The molecule has 1 aromatic carbocycles. The molecule has 36 heavy (non-hydrogen) atoms. The van der Waals surface area contributed by atoms with Crippen LogP contribution in [0.3, 0.4) is 0 Å². The lowest BCUT2D eigenvalue weighted by Gasteiger charge is -2.31. The molecule has 3 heterocycles. The van der Waals surface area contributed by atoms with Crippen LogP contribution in [-0.2, 0) is 17.4 Å². The standard InChI is InChI=1S/C26H30F3N5O2/c1-16(2)14-20-30-23(33-10-5-11-34(13-12-33)25(35)17-6-3-7-17)21-22(32-36-24(21)31-20)18-8-4-9-19(15-18)26(27,28)29/h4,8-9,15-17H,3,5-7,10-14H2,1-2H3. The molecule has 0 atom stereocenters. The Bertz CT molecular complexity index is 1250. The summed E-state index contributed by atoms with van der Waals surface area (Å²) in [7, 11) is 0. The molecule has 1 aliphatic heterocycles. The minimum atomic E-state index is -4.47. The molecule has 2 aliphatic rings. The first kappa shape index (κ1) is 24.5. The number of anilines is 1. The molecule has 0 N–H and O–H groups in total. The third kappa shape index (κ3) is 4.90. The molecule has 10 heteroatoms. The second kappa shape index (κ2) is 9.71. The normalized spacial score (nSPS) is 17.5. The molecule has 0 bridgehead atoms. The predicted octanol–water partition coefficient (Wildman–Crippen LogP) is 5.34. The SMILES string of the molecule is CC(C)Cc1nc(N2CCCN(C(=O)C3CCC3)CC2)c2c(-c3cccc(C(F)(F)F)c3)noc2n1. The number of hydrogen-bond donors (Lipinski definition) is 0. The van der Waals surface area contributed by atoms with Gasteiger partial charge in [-0.3, -0.25) is 4.79 Å². The molecule has 2 aromatic heterocycles. The third-order valence-corrected chi connectivity index (χ3v) is 6.98. The zero-order valence-electron chi connectivity index (χ0n) is 20.5. The van der Waals surface area contributed by atoms with Crippen molar-refractivity contribution in [1.82, 2.24) is 20.0 Å². The van der Waals surface area contributed by atoms with Crippen LogP contribution in [0.5, 0.6) is 0 Å². The molecule has 7 nitrogen and oxygen atoms in total. The maximum absolute atomic E-state index is 13.4. The van der Waals surface area contributed by atoms with E-state index in [1.807, 2.05) is 4.90 Å². The smallest absolute Gasteiger partial charge is 0.354 e. The molecule has 192 valence electrons. The topological polar surface area (TPSA) is 75.4 Å². The molecule has 0 unspecified atom stereocenters. The fourth-order valence-corrected chi connectivity index (χ4v) is 4.87. The number of benzene rings is 1. The van der Waals surface area contributed by atoms with Crippen LogP contribution in [0.15, 0.2) is 28.8 Å². The van der Waals surface area contributed by atoms with Crippen LogP contribution in [0.25, 0.3) is 22.4 Å². The summed E-state index contributed by atoms with van der Waals surface area (Å²) in [5.41, 5.74) is 0.0835. The van der Waals surface area contributed by atoms with E-state index in [0.29, 0.717) is 61.1 Å². The van der Waals surface area contributed by atoms with Crippen LogP contribution in [0, 0.1) is 11.8 Å². The van der Waals surface area contributed by atoms with Crippen molar-refractivity contribution < 1.29 is 22.5 Å². The van der Waals surface area contributed by atoms with Crippen LogP contribution in [0.4, 0.5) is 19.0 Å². The van der Waals surface area contributed by atoms with Crippen LogP contribution in [0.1, 0.15) is 50.9 Å². The van der Waals surface area contributed by atoms with E-state index < -0.39 is 11.7 Å². The van der Waals surface area contributed by atoms with Gasteiger partial charge in [0.05, 0.1) is 5.56 Å². The monoisotopic (exact) mass is 501 g/mol. The zero-order chi connectivity index (χ0) is 25.4. The van der Waals surface area contributed by atoms with Crippen LogP contribution < -0.4 is 4.90 Å². The number of hydrogen-bond acceptors (Lipinski definition) is 6. The highest BCUT2D eigenvalue weighted by Crippen LogP contribution is 2.37. The Morgan fingerprint density at radius 1 is 1.11 bits per heavy atom. The van der Waals surface area contributed by atoms with E-state index in [-0.39, 0.29) is 23.2 Å². The van der Waals surface area contributed by atoms with E-state index in [4.69, 9.17) is 9.51 Å². The Morgan fingerprint density at radius 3 is 2.61 bits per heavy atom. The zero-order valence-corrected chi connectivity index (χ0v) is 20.5. The first-order chi connectivity index (χ1) is 17.2. The number of carbonyl (C=O) groups excluding carboxylic acids is 1. The van der Waals surface area contributed by atoms with Gasteiger partial charge in [0.25, 0.3) is 5.71 Å². The summed E-state index contributed by atoms with van der Waals surface area (Å²) < 4.78 is 45.7. The number of amides is 1. The second-order valence-electron chi connectivity index (χ2n) is 10.1. The van der Waals surface area contributed by atoms with Gasteiger partial charge in [0.2, 0.25) is 5.91 Å². The number of nitrogens with zero attached hydrogens (tertiary/aromatic N) is 5. The molecule has 5 rings (SSSR count). The average molecular weight is 502 g/mol. The highest BCUT2D eigenvalue weighted by atomic mass is 19.4. The quantitative estimate of drug-likeness (QED) is 0.470. The maximum Gasteiger partial charge on any atom is 0.416 e. The van der Waals surface area contributed by atoms with E-state index in [2.05, 4.69) is 28.9 Å². The molecule has 1 amide bonds. The van der Waals surface area contributed by atoms with E-state index in [9.17, 15) is 18.0 Å².